The SMILES string of the molecule is N#Cc1c(C=C(O)c2ccccc2)cc(-c2ccccc2)n(Cc2ccccc2)c1=N. The van der Waals surface area contributed by atoms with Crippen LogP contribution in [0.25, 0.3) is 23.1 Å². The van der Waals surface area contributed by atoms with E-state index in [4.69, 9.17) is 5.41 Å². The summed E-state index contributed by atoms with van der Waals surface area (Å²) in [6.07, 6.45) is 1.56. The lowest BCUT2D eigenvalue weighted by Crippen LogP contribution is -2.26. The van der Waals surface area contributed by atoms with E-state index in [1.54, 1.807) is 18.2 Å². The highest BCUT2D eigenvalue weighted by Gasteiger charge is 2.14. The van der Waals surface area contributed by atoms with E-state index >= 15 is 0 Å². The Morgan fingerprint density at radius 2 is 1.48 bits per heavy atom. The predicted octanol–water partition coefficient (Wildman–Crippen LogP) is 5.61. The van der Waals surface area contributed by atoms with E-state index in [9.17, 15) is 10.4 Å². The minimum absolute atomic E-state index is 0.0521. The van der Waals surface area contributed by atoms with Crippen LogP contribution in [0.15, 0.2) is 97.1 Å². The van der Waals surface area contributed by atoms with Crippen LogP contribution in [0.4, 0.5) is 0 Å². The Balaban J connectivity index is 1.93. The Morgan fingerprint density at radius 1 is 0.903 bits per heavy atom. The quantitative estimate of drug-likeness (QED) is 0.425. The van der Waals surface area contributed by atoms with Crippen LogP contribution in [0.1, 0.15) is 22.3 Å². The highest BCUT2D eigenvalue weighted by molar-refractivity contribution is 5.80. The molecule has 0 saturated heterocycles. The molecule has 0 amide bonds. The average molecular weight is 403 g/mol. The molecule has 0 aliphatic heterocycles. The zero-order valence-corrected chi connectivity index (χ0v) is 16.9. The Bertz CT molecular complexity index is 1320. The Kier molecular flexibility index (Phi) is 5.77. The van der Waals surface area contributed by atoms with Crippen LogP contribution in [0.5, 0.6) is 0 Å². The first-order valence-electron chi connectivity index (χ1n) is 9.95. The molecule has 0 fully saturated rings. The van der Waals surface area contributed by atoms with Crippen molar-refractivity contribution >= 4 is 11.8 Å². The number of aliphatic hydroxyl groups excluding tert-OH is 1. The molecule has 0 radical (unpaired) electrons. The van der Waals surface area contributed by atoms with Gasteiger partial charge in [0.1, 0.15) is 22.9 Å². The molecule has 2 N–H and O–H groups in total. The molecule has 31 heavy (non-hydrogen) atoms. The summed E-state index contributed by atoms with van der Waals surface area (Å²) in [6.45, 7) is 0.466. The molecular formula is C27H21N3O. The monoisotopic (exact) mass is 403 g/mol. The minimum atomic E-state index is 0.0521. The van der Waals surface area contributed by atoms with E-state index in [-0.39, 0.29) is 16.8 Å². The zero-order valence-electron chi connectivity index (χ0n) is 16.9. The topological polar surface area (TPSA) is 72.8 Å². The highest BCUT2D eigenvalue weighted by Crippen LogP contribution is 2.24. The van der Waals surface area contributed by atoms with Gasteiger partial charge >= 0.3 is 0 Å². The van der Waals surface area contributed by atoms with E-state index in [0.717, 1.165) is 16.8 Å². The van der Waals surface area contributed by atoms with Crippen molar-refractivity contribution in [1.29, 1.82) is 10.7 Å². The summed E-state index contributed by atoms with van der Waals surface area (Å²) in [5.74, 6) is 0.0521. The third-order valence-electron chi connectivity index (χ3n) is 5.11. The molecule has 1 aromatic heterocycles. The number of aromatic nitrogens is 1. The first-order valence-corrected chi connectivity index (χ1v) is 9.95. The second-order valence-electron chi connectivity index (χ2n) is 7.15. The number of hydrogen-bond donors (Lipinski definition) is 2. The van der Waals surface area contributed by atoms with Gasteiger partial charge in [-0.3, -0.25) is 5.41 Å². The van der Waals surface area contributed by atoms with Crippen LogP contribution >= 0.6 is 0 Å². The first kappa shape index (κ1) is 19.9. The maximum Gasteiger partial charge on any atom is 0.144 e. The summed E-state index contributed by atoms with van der Waals surface area (Å²) in [5.41, 5.74) is 4.28. The van der Waals surface area contributed by atoms with Crippen LogP contribution in [0, 0.1) is 16.7 Å². The Morgan fingerprint density at radius 3 is 2.10 bits per heavy atom. The Hall–Kier alpha value is -4.36. The molecule has 4 aromatic rings. The molecule has 0 atom stereocenters. The molecular weight excluding hydrogens is 382 g/mol. The van der Waals surface area contributed by atoms with Crippen LogP contribution < -0.4 is 5.49 Å². The van der Waals surface area contributed by atoms with Crippen LogP contribution in [-0.2, 0) is 6.54 Å². The van der Waals surface area contributed by atoms with Crippen molar-refractivity contribution in [3.8, 4) is 17.3 Å². The summed E-state index contributed by atoms with van der Waals surface area (Å²) in [5, 5.41) is 29.3. The smallest absolute Gasteiger partial charge is 0.144 e. The lowest BCUT2D eigenvalue weighted by molar-refractivity contribution is 0.515. The molecule has 4 heteroatoms. The summed E-state index contributed by atoms with van der Waals surface area (Å²) in [4.78, 5) is 0. The van der Waals surface area contributed by atoms with Gasteiger partial charge in [0.05, 0.1) is 5.69 Å². The van der Waals surface area contributed by atoms with Gasteiger partial charge in [-0.25, -0.2) is 0 Å². The van der Waals surface area contributed by atoms with E-state index in [0.29, 0.717) is 17.7 Å². The number of aliphatic hydroxyl groups is 1. The Labute approximate surface area is 181 Å². The molecule has 0 aliphatic rings. The van der Waals surface area contributed by atoms with Gasteiger partial charge in [0.25, 0.3) is 0 Å². The van der Waals surface area contributed by atoms with Crippen molar-refractivity contribution in [2.75, 3.05) is 0 Å². The molecule has 150 valence electrons. The van der Waals surface area contributed by atoms with Gasteiger partial charge in [-0.2, -0.15) is 5.26 Å². The van der Waals surface area contributed by atoms with Gasteiger partial charge in [0.2, 0.25) is 0 Å². The summed E-state index contributed by atoms with van der Waals surface area (Å²) < 4.78 is 1.83. The number of rotatable bonds is 5. The van der Waals surface area contributed by atoms with Gasteiger partial charge in [-0.15, -0.1) is 0 Å². The molecule has 0 aliphatic carbocycles. The second-order valence-corrected chi connectivity index (χ2v) is 7.15. The normalized spacial score (nSPS) is 11.1. The highest BCUT2D eigenvalue weighted by atomic mass is 16.3. The second kappa shape index (κ2) is 8.98. The first-order chi connectivity index (χ1) is 15.2. The number of nitrogens with zero attached hydrogens (tertiary/aromatic N) is 2. The van der Waals surface area contributed by atoms with Crippen LogP contribution in [0.2, 0.25) is 0 Å². The van der Waals surface area contributed by atoms with Crippen molar-refractivity contribution in [3.63, 3.8) is 0 Å². The predicted molar refractivity (Wildman–Crippen MR) is 123 cm³/mol. The lowest BCUT2D eigenvalue weighted by atomic mass is 10.0. The number of pyridine rings is 1. The van der Waals surface area contributed by atoms with Crippen LogP contribution in [0.3, 0.4) is 0 Å². The average Bonchev–Trinajstić information content (AvgIpc) is 2.82. The van der Waals surface area contributed by atoms with Crippen molar-refractivity contribution in [2.24, 2.45) is 0 Å². The molecule has 4 nitrogen and oxygen atoms in total. The lowest BCUT2D eigenvalue weighted by Gasteiger charge is -2.17. The third kappa shape index (κ3) is 4.31. The van der Waals surface area contributed by atoms with E-state index in [2.05, 4.69) is 6.07 Å². The summed E-state index contributed by atoms with van der Waals surface area (Å²) in [6, 6.07) is 32.9. The zero-order chi connectivity index (χ0) is 21.6. The summed E-state index contributed by atoms with van der Waals surface area (Å²) in [7, 11) is 0. The standard InChI is InChI=1S/C27H21N3O/c28-18-24-23(17-26(31)22-14-8-3-9-15-22)16-25(21-12-6-2-7-13-21)30(27(24)29)19-20-10-4-1-5-11-20/h1-17,29,31H,19H2. The largest absolute Gasteiger partial charge is 0.507 e. The van der Waals surface area contributed by atoms with Gasteiger partial charge in [0.15, 0.2) is 0 Å². The fourth-order valence-corrected chi connectivity index (χ4v) is 3.54. The van der Waals surface area contributed by atoms with Gasteiger partial charge in [0, 0.05) is 17.7 Å². The third-order valence-corrected chi connectivity index (χ3v) is 5.11. The number of benzene rings is 3. The summed E-state index contributed by atoms with van der Waals surface area (Å²) >= 11 is 0. The number of nitrogens with one attached hydrogen (secondary N) is 1. The van der Waals surface area contributed by atoms with Crippen LogP contribution in [-0.4, -0.2) is 9.67 Å². The number of hydrogen-bond acceptors (Lipinski definition) is 3. The molecule has 0 unspecified atom stereocenters. The van der Waals surface area contributed by atoms with E-state index in [1.807, 2.05) is 89.5 Å². The minimum Gasteiger partial charge on any atom is -0.507 e. The fourth-order valence-electron chi connectivity index (χ4n) is 3.54. The van der Waals surface area contributed by atoms with Crippen molar-refractivity contribution < 1.29 is 5.11 Å². The molecule has 3 aromatic carbocycles. The molecule has 0 saturated carbocycles. The fraction of sp³-hybridized carbons (Fsp3) is 0.0370. The maximum absolute atomic E-state index is 10.6. The van der Waals surface area contributed by atoms with Crippen molar-refractivity contribution in [1.82, 2.24) is 4.57 Å². The van der Waals surface area contributed by atoms with E-state index < -0.39 is 0 Å². The molecule has 0 bridgehead atoms. The van der Waals surface area contributed by atoms with Gasteiger partial charge < -0.3 is 9.67 Å². The molecule has 1 heterocycles. The molecule has 0 spiro atoms. The number of nitriles is 1. The van der Waals surface area contributed by atoms with Crippen molar-refractivity contribution in [3.05, 3.63) is 125 Å². The maximum atomic E-state index is 10.6. The van der Waals surface area contributed by atoms with E-state index in [1.165, 1.54) is 0 Å². The van der Waals surface area contributed by atoms with Gasteiger partial charge in [-0.1, -0.05) is 91.0 Å². The molecule has 4 rings (SSSR count). The van der Waals surface area contributed by atoms with Gasteiger partial charge in [-0.05, 0) is 23.3 Å². The van der Waals surface area contributed by atoms with Crippen molar-refractivity contribution in [2.45, 2.75) is 6.54 Å².